The van der Waals surface area contributed by atoms with Gasteiger partial charge >= 0.3 is 0 Å². The van der Waals surface area contributed by atoms with E-state index in [1.165, 1.54) is 0 Å². The van der Waals surface area contributed by atoms with Crippen LogP contribution in [0.5, 0.6) is 5.75 Å². The van der Waals surface area contributed by atoms with E-state index in [-0.39, 0.29) is 5.78 Å². The Kier molecular flexibility index (Phi) is 4.71. The van der Waals surface area contributed by atoms with Crippen LogP contribution in [0.4, 0.5) is 11.6 Å². The highest BCUT2D eigenvalue weighted by molar-refractivity contribution is 5.97. The first kappa shape index (κ1) is 15.9. The number of nitriles is 1. The number of anilines is 2. The molecule has 122 valence electrons. The van der Waals surface area contributed by atoms with E-state index in [1.807, 2.05) is 6.92 Å². The van der Waals surface area contributed by atoms with Gasteiger partial charge in [0.15, 0.2) is 5.78 Å². The lowest BCUT2D eigenvalue weighted by atomic mass is 10.1. The summed E-state index contributed by atoms with van der Waals surface area (Å²) in [5.41, 5.74) is 2.58. The highest BCUT2D eigenvalue weighted by Crippen LogP contribution is 2.24. The first-order valence-corrected chi connectivity index (χ1v) is 8.03. The Morgan fingerprint density at radius 3 is 2.92 bits per heavy atom. The topological polar surface area (TPSA) is 87.9 Å². The van der Waals surface area contributed by atoms with E-state index in [2.05, 4.69) is 21.4 Å². The molecule has 3 rings (SSSR count). The van der Waals surface area contributed by atoms with Gasteiger partial charge in [-0.05, 0) is 38.3 Å². The molecule has 6 heteroatoms. The Morgan fingerprint density at radius 1 is 1.29 bits per heavy atom. The van der Waals surface area contributed by atoms with Gasteiger partial charge < -0.3 is 10.1 Å². The minimum Gasteiger partial charge on any atom is -0.494 e. The predicted octanol–water partition coefficient (Wildman–Crippen LogP) is 3.40. The van der Waals surface area contributed by atoms with E-state index in [9.17, 15) is 4.79 Å². The third-order valence-electron chi connectivity index (χ3n) is 3.84. The summed E-state index contributed by atoms with van der Waals surface area (Å²) in [6.07, 6.45) is 4.77. The maximum absolute atomic E-state index is 12.0. The molecule has 1 aromatic carbocycles. The van der Waals surface area contributed by atoms with Crippen molar-refractivity contribution in [3.63, 3.8) is 0 Å². The SMILES string of the molecule is CCOc1cc(C#N)cc(Nc2ncc3c(n2)CCCCC3=O)c1. The minimum atomic E-state index is 0.110. The summed E-state index contributed by atoms with van der Waals surface area (Å²) in [5, 5.41) is 12.2. The quantitative estimate of drug-likeness (QED) is 0.868. The van der Waals surface area contributed by atoms with Crippen molar-refractivity contribution in [3.05, 3.63) is 41.2 Å². The summed E-state index contributed by atoms with van der Waals surface area (Å²) in [7, 11) is 0. The second-order valence-corrected chi connectivity index (χ2v) is 5.60. The number of nitrogens with zero attached hydrogens (tertiary/aromatic N) is 3. The number of fused-ring (bicyclic) bond motifs is 1. The molecule has 0 saturated heterocycles. The van der Waals surface area contributed by atoms with E-state index < -0.39 is 0 Å². The summed E-state index contributed by atoms with van der Waals surface area (Å²) < 4.78 is 5.47. The number of nitrogens with one attached hydrogen (secondary N) is 1. The molecule has 0 spiro atoms. The van der Waals surface area contributed by atoms with Crippen molar-refractivity contribution >= 4 is 17.4 Å². The molecule has 0 radical (unpaired) electrons. The number of aromatic nitrogens is 2. The average Bonchev–Trinajstić information content (AvgIpc) is 2.76. The Balaban J connectivity index is 1.89. The maximum Gasteiger partial charge on any atom is 0.227 e. The molecule has 1 aliphatic rings. The van der Waals surface area contributed by atoms with Crippen molar-refractivity contribution < 1.29 is 9.53 Å². The van der Waals surface area contributed by atoms with Gasteiger partial charge in [0.1, 0.15) is 5.75 Å². The van der Waals surface area contributed by atoms with Gasteiger partial charge in [-0.15, -0.1) is 0 Å². The second kappa shape index (κ2) is 7.09. The van der Waals surface area contributed by atoms with Crippen molar-refractivity contribution in [1.82, 2.24) is 9.97 Å². The molecule has 6 nitrogen and oxygen atoms in total. The molecule has 0 atom stereocenters. The van der Waals surface area contributed by atoms with Crippen molar-refractivity contribution in [3.8, 4) is 11.8 Å². The molecule has 0 unspecified atom stereocenters. The number of hydrogen-bond acceptors (Lipinski definition) is 6. The zero-order valence-electron chi connectivity index (χ0n) is 13.5. The smallest absolute Gasteiger partial charge is 0.227 e. The number of Topliss-reactive ketones (excluding diaryl/α,β-unsaturated/α-hetero) is 1. The third kappa shape index (κ3) is 3.51. The van der Waals surface area contributed by atoms with Crippen LogP contribution < -0.4 is 10.1 Å². The van der Waals surface area contributed by atoms with Gasteiger partial charge in [0.25, 0.3) is 0 Å². The highest BCUT2D eigenvalue weighted by Gasteiger charge is 2.18. The number of rotatable bonds is 4. The highest BCUT2D eigenvalue weighted by atomic mass is 16.5. The van der Waals surface area contributed by atoms with E-state index in [4.69, 9.17) is 10.00 Å². The molecule has 1 N–H and O–H groups in total. The summed E-state index contributed by atoms with van der Waals surface area (Å²) in [4.78, 5) is 20.7. The van der Waals surface area contributed by atoms with Gasteiger partial charge in [0.05, 0.1) is 29.5 Å². The van der Waals surface area contributed by atoms with Crippen LogP contribution >= 0.6 is 0 Å². The lowest BCUT2D eigenvalue weighted by molar-refractivity contribution is 0.0981. The van der Waals surface area contributed by atoms with Gasteiger partial charge in [0, 0.05) is 24.4 Å². The number of ketones is 1. The normalized spacial score (nSPS) is 13.6. The molecule has 1 aliphatic carbocycles. The van der Waals surface area contributed by atoms with Crippen molar-refractivity contribution in [1.29, 1.82) is 5.26 Å². The molecule has 0 fully saturated rings. The zero-order chi connectivity index (χ0) is 16.9. The van der Waals surface area contributed by atoms with Gasteiger partial charge in [-0.2, -0.15) is 5.26 Å². The van der Waals surface area contributed by atoms with Gasteiger partial charge in [0.2, 0.25) is 5.95 Å². The van der Waals surface area contributed by atoms with Crippen LogP contribution in [-0.4, -0.2) is 22.4 Å². The number of aryl methyl sites for hydroxylation is 1. The van der Waals surface area contributed by atoms with Crippen LogP contribution in [-0.2, 0) is 6.42 Å². The number of carbonyl (C=O) groups excluding carboxylic acids is 1. The molecule has 2 aromatic rings. The molecule has 1 aromatic heterocycles. The summed E-state index contributed by atoms with van der Waals surface area (Å²) >= 11 is 0. The van der Waals surface area contributed by atoms with Crippen molar-refractivity contribution in [2.45, 2.75) is 32.6 Å². The number of carbonyl (C=O) groups is 1. The standard InChI is InChI=1S/C18H18N4O2/c1-2-24-14-8-12(10-19)7-13(9-14)21-18-20-11-15-16(22-18)5-3-4-6-17(15)23/h7-9,11H,2-6H2,1H3,(H,20,21,22). The van der Waals surface area contributed by atoms with Gasteiger partial charge in [-0.3, -0.25) is 4.79 Å². The van der Waals surface area contributed by atoms with Gasteiger partial charge in [-0.1, -0.05) is 0 Å². The minimum absolute atomic E-state index is 0.110. The van der Waals surface area contributed by atoms with Crippen molar-refractivity contribution in [2.75, 3.05) is 11.9 Å². The van der Waals surface area contributed by atoms with Crippen LogP contribution in [0.3, 0.4) is 0 Å². The lowest BCUT2D eigenvalue weighted by Crippen LogP contribution is -2.07. The molecule has 0 aliphatic heterocycles. The van der Waals surface area contributed by atoms with E-state index in [1.54, 1.807) is 24.4 Å². The number of hydrogen-bond donors (Lipinski definition) is 1. The molecule has 0 bridgehead atoms. The first-order valence-electron chi connectivity index (χ1n) is 8.03. The summed E-state index contributed by atoms with van der Waals surface area (Å²) in [6, 6.07) is 7.30. The molecular weight excluding hydrogens is 304 g/mol. The first-order chi connectivity index (χ1) is 11.7. The van der Waals surface area contributed by atoms with E-state index in [0.717, 1.165) is 25.0 Å². The van der Waals surface area contributed by atoms with Crippen LogP contribution in [0.2, 0.25) is 0 Å². The largest absolute Gasteiger partial charge is 0.494 e. The summed E-state index contributed by atoms with van der Waals surface area (Å²) in [6.45, 7) is 2.41. The summed E-state index contributed by atoms with van der Waals surface area (Å²) in [5.74, 6) is 1.14. The fraction of sp³-hybridized carbons (Fsp3) is 0.333. The van der Waals surface area contributed by atoms with E-state index >= 15 is 0 Å². The molecule has 24 heavy (non-hydrogen) atoms. The molecule has 0 saturated carbocycles. The lowest BCUT2D eigenvalue weighted by Gasteiger charge is -2.10. The van der Waals surface area contributed by atoms with Crippen molar-refractivity contribution in [2.24, 2.45) is 0 Å². The van der Waals surface area contributed by atoms with Crippen LogP contribution in [0.1, 0.15) is 47.8 Å². The molecular formula is C18H18N4O2. The number of ether oxygens (including phenoxy) is 1. The van der Waals surface area contributed by atoms with Gasteiger partial charge in [-0.25, -0.2) is 9.97 Å². The van der Waals surface area contributed by atoms with E-state index in [0.29, 0.717) is 41.5 Å². The fourth-order valence-corrected chi connectivity index (χ4v) is 2.73. The Bertz CT molecular complexity index is 811. The monoisotopic (exact) mass is 322 g/mol. The van der Waals surface area contributed by atoms with Crippen LogP contribution in [0.15, 0.2) is 24.4 Å². The zero-order valence-corrected chi connectivity index (χ0v) is 13.5. The Hall–Kier alpha value is -2.94. The number of benzene rings is 1. The molecule has 0 amide bonds. The van der Waals surface area contributed by atoms with Crippen LogP contribution in [0.25, 0.3) is 0 Å². The maximum atomic E-state index is 12.0. The van der Waals surface area contributed by atoms with Crippen LogP contribution in [0, 0.1) is 11.3 Å². The Morgan fingerprint density at radius 2 is 2.12 bits per heavy atom. The predicted molar refractivity (Wildman–Crippen MR) is 89.5 cm³/mol. The molecule has 1 heterocycles. The second-order valence-electron chi connectivity index (χ2n) is 5.60. The fourth-order valence-electron chi connectivity index (χ4n) is 2.73. The average molecular weight is 322 g/mol. The Labute approximate surface area is 140 Å². The third-order valence-corrected chi connectivity index (χ3v) is 3.84.